The molecule has 20 heavy (non-hydrogen) atoms. The van der Waals surface area contributed by atoms with Crippen LogP contribution >= 0.6 is 0 Å². The van der Waals surface area contributed by atoms with E-state index in [0.717, 1.165) is 18.7 Å². The van der Waals surface area contributed by atoms with Gasteiger partial charge in [-0.25, -0.2) is 4.98 Å². The standard InChI is InChI=1S/C14H19N5O/c1-3-7-15-13-12(5-4-8-16-13)14(20)17-10-11-6-9-18-19(11)2/h4-6,8-9H,3,7,10H2,1-2H3,(H,15,16)(H,17,20). The summed E-state index contributed by atoms with van der Waals surface area (Å²) in [6, 6.07) is 5.40. The number of carbonyl (C=O) groups excluding carboxylic acids is 1. The van der Waals surface area contributed by atoms with E-state index in [-0.39, 0.29) is 5.91 Å². The SMILES string of the molecule is CCCNc1ncccc1C(=O)NCc1ccnn1C. The highest BCUT2D eigenvalue weighted by atomic mass is 16.1. The average Bonchev–Trinajstić information content (AvgIpc) is 2.88. The Kier molecular flexibility index (Phi) is 4.70. The minimum absolute atomic E-state index is 0.141. The molecule has 2 aromatic heterocycles. The molecule has 2 aromatic rings. The van der Waals surface area contributed by atoms with Crippen molar-refractivity contribution in [2.45, 2.75) is 19.9 Å². The predicted octanol–water partition coefficient (Wildman–Crippen LogP) is 1.57. The Morgan fingerprint density at radius 2 is 2.20 bits per heavy atom. The van der Waals surface area contributed by atoms with Crippen molar-refractivity contribution < 1.29 is 4.79 Å². The first-order valence-corrected chi connectivity index (χ1v) is 6.66. The number of aromatic nitrogens is 3. The number of pyridine rings is 1. The Bertz CT molecular complexity index is 578. The molecule has 0 aromatic carbocycles. The van der Waals surface area contributed by atoms with Crippen molar-refractivity contribution in [3.05, 3.63) is 41.9 Å². The molecule has 0 atom stereocenters. The molecule has 106 valence electrons. The maximum Gasteiger partial charge on any atom is 0.255 e. The van der Waals surface area contributed by atoms with Gasteiger partial charge in [-0.15, -0.1) is 0 Å². The largest absolute Gasteiger partial charge is 0.369 e. The van der Waals surface area contributed by atoms with Crippen LogP contribution in [0.4, 0.5) is 5.82 Å². The third-order valence-corrected chi connectivity index (χ3v) is 2.95. The van der Waals surface area contributed by atoms with E-state index >= 15 is 0 Å². The summed E-state index contributed by atoms with van der Waals surface area (Å²) >= 11 is 0. The predicted molar refractivity (Wildman–Crippen MR) is 77.4 cm³/mol. The van der Waals surface area contributed by atoms with Gasteiger partial charge < -0.3 is 10.6 Å². The van der Waals surface area contributed by atoms with Crippen molar-refractivity contribution in [3.8, 4) is 0 Å². The van der Waals surface area contributed by atoms with Crippen LogP contribution in [0.3, 0.4) is 0 Å². The summed E-state index contributed by atoms with van der Waals surface area (Å²) in [5.41, 5.74) is 1.51. The van der Waals surface area contributed by atoms with Gasteiger partial charge in [0.05, 0.1) is 17.8 Å². The lowest BCUT2D eigenvalue weighted by atomic mass is 10.2. The molecular weight excluding hydrogens is 254 g/mol. The van der Waals surface area contributed by atoms with Crippen LogP contribution in [0.5, 0.6) is 0 Å². The zero-order chi connectivity index (χ0) is 14.4. The molecule has 0 unspecified atom stereocenters. The van der Waals surface area contributed by atoms with Crippen molar-refractivity contribution in [2.24, 2.45) is 7.05 Å². The third kappa shape index (κ3) is 3.34. The number of anilines is 1. The monoisotopic (exact) mass is 273 g/mol. The van der Waals surface area contributed by atoms with Crippen molar-refractivity contribution in [1.82, 2.24) is 20.1 Å². The molecule has 0 spiro atoms. The van der Waals surface area contributed by atoms with E-state index in [4.69, 9.17) is 0 Å². The topological polar surface area (TPSA) is 71.8 Å². The summed E-state index contributed by atoms with van der Waals surface area (Å²) in [6.07, 6.45) is 4.36. The van der Waals surface area contributed by atoms with E-state index in [1.807, 2.05) is 13.1 Å². The molecule has 6 heteroatoms. The van der Waals surface area contributed by atoms with Gasteiger partial charge in [-0.1, -0.05) is 6.92 Å². The number of hydrogen-bond donors (Lipinski definition) is 2. The molecule has 0 aliphatic carbocycles. The summed E-state index contributed by atoms with van der Waals surface area (Å²) in [7, 11) is 1.85. The van der Waals surface area contributed by atoms with Gasteiger partial charge in [0.2, 0.25) is 0 Å². The van der Waals surface area contributed by atoms with E-state index in [2.05, 4.69) is 27.6 Å². The first kappa shape index (κ1) is 14.0. The van der Waals surface area contributed by atoms with Gasteiger partial charge in [0.1, 0.15) is 5.82 Å². The average molecular weight is 273 g/mol. The lowest BCUT2D eigenvalue weighted by Crippen LogP contribution is -2.25. The summed E-state index contributed by atoms with van der Waals surface area (Å²) in [6.45, 7) is 3.30. The third-order valence-electron chi connectivity index (χ3n) is 2.95. The normalized spacial score (nSPS) is 10.3. The van der Waals surface area contributed by atoms with Gasteiger partial charge in [-0.05, 0) is 24.6 Å². The van der Waals surface area contributed by atoms with Crippen LogP contribution in [0.15, 0.2) is 30.6 Å². The molecule has 0 aliphatic heterocycles. The first-order valence-electron chi connectivity index (χ1n) is 6.66. The second kappa shape index (κ2) is 6.70. The molecule has 6 nitrogen and oxygen atoms in total. The quantitative estimate of drug-likeness (QED) is 0.838. The highest BCUT2D eigenvalue weighted by Gasteiger charge is 2.12. The summed E-state index contributed by atoms with van der Waals surface area (Å²) in [4.78, 5) is 16.4. The van der Waals surface area contributed by atoms with Crippen LogP contribution in [0.25, 0.3) is 0 Å². The Balaban J connectivity index is 2.03. The molecule has 0 saturated carbocycles. The van der Waals surface area contributed by atoms with Crippen molar-refractivity contribution in [3.63, 3.8) is 0 Å². The van der Waals surface area contributed by atoms with Gasteiger partial charge in [-0.3, -0.25) is 9.48 Å². The zero-order valence-electron chi connectivity index (χ0n) is 11.8. The fourth-order valence-electron chi connectivity index (χ4n) is 1.81. The second-order valence-corrected chi connectivity index (χ2v) is 4.46. The van der Waals surface area contributed by atoms with E-state index in [1.54, 1.807) is 29.2 Å². The van der Waals surface area contributed by atoms with Crippen LogP contribution in [0, 0.1) is 0 Å². The maximum absolute atomic E-state index is 12.2. The fraction of sp³-hybridized carbons (Fsp3) is 0.357. The van der Waals surface area contributed by atoms with Crippen LogP contribution in [0.1, 0.15) is 29.4 Å². The van der Waals surface area contributed by atoms with Crippen molar-refractivity contribution >= 4 is 11.7 Å². The van der Waals surface area contributed by atoms with Crippen molar-refractivity contribution in [1.29, 1.82) is 0 Å². The van der Waals surface area contributed by atoms with E-state index in [0.29, 0.717) is 17.9 Å². The smallest absolute Gasteiger partial charge is 0.255 e. The molecule has 0 bridgehead atoms. The highest BCUT2D eigenvalue weighted by Crippen LogP contribution is 2.11. The lowest BCUT2D eigenvalue weighted by Gasteiger charge is -2.10. The molecule has 2 N–H and O–H groups in total. The first-order chi connectivity index (χ1) is 9.72. The molecule has 0 fully saturated rings. The van der Waals surface area contributed by atoms with Gasteiger partial charge in [0.15, 0.2) is 0 Å². The Hall–Kier alpha value is -2.37. The molecule has 2 heterocycles. The lowest BCUT2D eigenvalue weighted by molar-refractivity contribution is 0.0950. The highest BCUT2D eigenvalue weighted by molar-refractivity contribution is 5.98. The molecule has 1 amide bonds. The number of amides is 1. The number of rotatable bonds is 6. The molecular formula is C14H19N5O. The summed E-state index contributed by atoms with van der Waals surface area (Å²) in [5.74, 6) is 0.481. The number of carbonyl (C=O) groups is 1. The fourth-order valence-corrected chi connectivity index (χ4v) is 1.81. The Morgan fingerprint density at radius 1 is 1.35 bits per heavy atom. The molecule has 0 saturated heterocycles. The van der Waals surface area contributed by atoms with Crippen LogP contribution in [-0.4, -0.2) is 27.2 Å². The van der Waals surface area contributed by atoms with E-state index in [9.17, 15) is 4.79 Å². The van der Waals surface area contributed by atoms with Crippen LogP contribution < -0.4 is 10.6 Å². The minimum atomic E-state index is -0.141. The zero-order valence-corrected chi connectivity index (χ0v) is 11.8. The Labute approximate surface area is 118 Å². The minimum Gasteiger partial charge on any atom is -0.369 e. The van der Waals surface area contributed by atoms with Crippen LogP contribution in [0.2, 0.25) is 0 Å². The molecule has 0 radical (unpaired) electrons. The number of hydrogen-bond acceptors (Lipinski definition) is 4. The maximum atomic E-state index is 12.2. The van der Waals surface area contributed by atoms with E-state index in [1.165, 1.54) is 0 Å². The van der Waals surface area contributed by atoms with Gasteiger partial charge in [-0.2, -0.15) is 5.10 Å². The second-order valence-electron chi connectivity index (χ2n) is 4.46. The summed E-state index contributed by atoms with van der Waals surface area (Å²) in [5, 5.41) is 10.1. The summed E-state index contributed by atoms with van der Waals surface area (Å²) < 4.78 is 1.74. The number of nitrogens with zero attached hydrogens (tertiary/aromatic N) is 3. The van der Waals surface area contributed by atoms with E-state index < -0.39 is 0 Å². The van der Waals surface area contributed by atoms with Crippen molar-refractivity contribution in [2.75, 3.05) is 11.9 Å². The molecule has 2 rings (SSSR count). The van der Waals surface area contributed by atoms with Crippen LogP contribution in [-0.2, 0) is 13.6 Å². The molecule has 0 aliphatic rings. The van der Waals surface area contributed by atoms with Gasteiger partial charge in [0.25, 0.3) is 5.91 Å². The van der Waals surface area contributed by atoms with Gasteiger partial charge >= 0.3 is 0 Å². The Morgan fingerprint density at radius 3 is 2.90 bits per heavy atom. The number of aryl methyl sites for hydroxylation is 1. The van der Waals surface area contributed by atoms with Gasteiger partial charge in [0, 0.05) is 26.0 Å². The number of nitrogens with one attached hydrogen (secondary N) is 2.